The lowest BCUT2D eigenvalue weighted by Gasteiger charge is -2.34. The van der Waals surface area contributed by atoms with E-state index in [-0.39, 0.29) is 12.6 Å². The lowest BCUT2D eigenvalue weighted by atomic mass is 9.86. The molecule has 6 heteroatoms. The van der Waals surface area contributed by atoms with Gasteiger partial charge in [-0.05, 0) is 38.0 Å². The number of imidazole rings is 1. The van der Waals surface area contributed by atoms with Gasteiger partial charge in [-0.25, -0.2) is 9.78 Å². The minimum absolute atomic E-state index is 0.00748. The summed E-state index contributed by atoms with van der Waals surface area (Å²) in [5.74, 6) is 0.424. The van der Waals surface area contributed by atoms with Crippen LogP contribution < -0.4 is 5.32 Å². The van der Waals surface area contributed by atoms with Crippen molar-refractivity contribution in [2.24, 2.45) is 5.92 Å². The van der Waals surface area contributed by atoms with Gasteiger partial charge in [0.25, 0.3) is 0 Å². The maximum Gasteiger partial charge on any atom is 0.317 e. The normalized spacial score (nSPS) is 22.0. The van der Waals surface area contributed by atoms with Crippen LogP contribution in [0.1, 0.15) is 32.1 Å². The number of carbonyl (C=O) groups excluding carboxylic acids is 1. The van der Waals surface area contributed by atoms with Gasteiger partial charge < -0.3 is 19.9 Å². The van der Waals surface area contributed by atoms with E-state index in [1.807, 2.05) is 22.7 Å². The average molecular weight is 294 g/mol. The molecule has 0 unspecified atom stereocenters. The van der Waals surface area contributed by atoms with Crippen molar-refractivity contribution in [2.75, 3.05) is 20.2 Å². The molecular formula is C15H26N4O2. The summed E-state index contributed by atoms with van der Waals surface area (Å²) in [7, 11) is 1.87. The molecular weight excluding hydrogens is 268 g/mol. The number of aromatic nitrogens is 2. The van der Waals surface area contributed by atoms with E-state index in [2.05, 4.69) is 10.3 Å². The lowest BCUT2D eigenvalue weighted by molar-refractivity contribution is 0.134. The molecule has 2 amide bonds. The molecule has 1 aromatic heterocycles. The van der Waals surface area contributed by atoms with Crippen LogP contribution in [0, 0.1) is 5.92 Å². The molecule has 1 saturated carbocycles. The van der Waals surface area contributed by atoms with Crippen molar-refractivity contribution in [1.29, 1.82) is 0 Å². The molecule has 0 aromatic carbocycles. The van der Waals surface area contributed by atoms with Crippen LogP contribution >= 0.6 is 0 Å². The molecule has 0 radical (unpaired) electrons. The number of rotatable bonds is 6. The van der Waals surface area contributed by atoms with Gasteiger partial charge in [-0.15, -0.1) is 0 Å². The van der Waals surface area contributed by atoms with E-state index < -0.39 is 0 Å². The Kier molecular flexibility index (Phi) is 6.04. The molecule has 2 rings (SSSR count). The standard InChI is InChI=1S/C15H26N4O2/c1-18(14-5-3-13(11-20)4-6-14)15(21)17-7-2-9-19-10-8-16-12-19/h8,10,12-14,20H,2-7,9,11H2,1H3,(H,17,21). The first kappa shape index (κ1) is 15.8. The Labute approximate surface area is 126 Å². The van der Waals surface area contributed by atoms with E-state index in [9.17, 15) is 4.79 Å². The largest absolute Gasteiger partial charge is 0.396 e. The van der Waals surface area contributed by atoms with Crippen molar-refractivity contribution in [1.82, 2.24) is 19.8 Å². The molecule has 1 aromatic rings. The zero-order valence-electron chi connectivity index (χ0n) is 12.7. The van der Waals surface area contributed by atoms with Gasteiger partial charge in [0.15, 0.2) is 0 Å². The highest BCUT2D eigenvalue weighted by molar-refractivity contribution is 5.74. The fourth-order valence-corrected chi connectivity index (χ4v) is 2.88. The van der Waals surface area contributed by atoms with E-state index in [4.69, 9.17) is 5.11 Å². The highest BCUT2D eigenvalue weighted by Crippen LogP contribution is 2.26. The third-order valence-electron chi connectivity index (χ3n) is 4.37. The number of urea groups is 1. The predicted molar refractivity (Wildman–Crippen MR) is 80.8 cm³/mol. The first-order chi connectivity index (χ1) is 10.2. The lowest BCUT2D eigenvalue weighted by Crippen LogP contribution is -2.45. The first-order valence-corrected chi connectivity index (χ1v) is 7.78. The Morgan fingerprint density at radius 1 is 1.43 bits per heavy atom. The number of aliphatic hydroxyl groups is 1. The molecule has 0 aliphatic heterocycles. The second-order valence-electron chi connectivity index (χ2n) is 5.85. The van der Waals surface area contributed by atoms with Gasteiger partial charge in [-0.1, -0.05) is 0 Å². The smallest absolute Gasteiger partial charge is 0.317 e. The summed E-state index contributed by atoms with van der Waals surface area (Å²) in [4.78, 5) is 17.9. The number of hydrogen-bond acceptors (Lipinski definition) is 3. The first-order valence-electron chi connectivity index (χ1n) is 7.78. The molecule has 1 aliphatic rings. The minimum atomic E-state index is 0.00748. The number of nitrogens with zero attached hydrogens (tertiary/aromatic N) is 3. The maximum atomic E-state index is 12.1. The maximum absolute atomic E-state index is 12.1. The molecule has 0 bridgehead atoms. The van der Waals surface area contributed by atoms with E-state index in [1.165, 1.54) is 0 Å². The molecule has 1 fully saturated rings. The van der Waals surface area contributed by atoms with Gasteiger partial charge in [0, 0.05) is 45.2 Å². The summed E-state index contributed by atoms with van der Waals surface area (Å²) in [6.07, 6.45) is 10.4. The number of hydrogen-bond donors (Lipinski definition) is 2. The van der Waals surface area contributed by atoms with Crippen LogP contribution in [0.4, 0.5) is 4.79 Å². The van der Waals surface area contributed by atoms with Gasteiger partial charge in [0.2, 0.25) is 0 Å². The summed E-state index contributed by atoms with van der Waals surface area (Å²) >= 11 is 0. The average Bonchev–Trinajstić information content (AvgIpc) is 3.04. The minimum Gasteiger partial charge on any atom is -0.396 e. The van der Waals surface area contributed by atoms with Crippen molar-refractivity contribution in [3.63, 3.8) is 0 Å². The van der Waals surface area contributed by atoms with E-state index in [0.717, 1.165) is 38.6 Å². The Morgan fingerprint density at radius 3 is 2.81 bits per heavy atom. The highest BCUT2D eigenvalue weighted by atomic mass is 16.3. The summed E-state index contributed by atoms with van der Waals surface area (Å²) in [5, 5.41) is 12.1. The fourth-order valence-electron chi connectivity index (χ4n) is 2.88. The summed E-state index contributed by atoms with van der Waals surface area (Å²) in [5.41, 5.74) is 0. The van der Waals surface area contributed by atoms with Crippen LogP contribution in [0.5, 0.6) is 0 Å². The third kappa shape index (κ3) is 4.74. The molecule has 118 valence electrons. The molecule has 1 aliphatic carbocycles. The molecule has 6 nitrogen and oxygen atoms in total. The fraction of sp³-hybridized carbons (Fsp3) is 0.733. The van der Waals surface area contributed by atoms with Gasteiger partial charge in [-0.2, -0.15) is 0 Å². The Bertz CT molecular complexity index is 413. The van der Waals surface area contributed by atoms with E-state index in [0.29, 0.717) is 18.5 Å². The number of carbonyl (C=O) groups is 1. The molecule has 0 spiro atoms. The Hall–Kier alpha value is -1.56. The van der Waals surface area contributed by atoms with Gasteiger partial charge >= 0.3 is 6.03 Å². The monoisotopic (exact) mass is 294 g/mol. The van der Waals surface area contributed by atoms with Crippen LogP contribution in [0.25, 0.3) is 0 Å². The number of amides is 2. The van der Waals surface area contributed by atoms with Crippen molar-refractivity contribution in [2.45, 2.75) is 44.7 Å². The van der Waals surface area contributed by atoms with Crippen molar-refractivity contribution < 1.29 is 9.90 Å². The van der Waals surface area contributed by atoms with Crippen LogP contribution in [0.15, 0.2) is 18.7 Å². The Balaban J connectivity index is 1.63. The second kappa shape index (κ2) is 8.02. The molecule has 2 N–H and O–H groups in total. The van der Waals surface area contributed by atoms with Crippen LogP contribution in [0.2, 0.25) is 0 Å². The predicted octanol–water partition coefficient (Wildman–Crippen LogP) is 1.47. The van der Waals surface area contributed by atoms with E-state index in [1.54, 1.807) is 12.5 Å². The number of aryl methyl sites for hydroxylation is 1. The SMILES string of the molecule is CN(C(=O)NCCCn1ccnc1)C1CCC(CO)CC1. The number of nitrogens with one attached hydrogen (secondary N) is 1. The van der Waals surface area contributed by atoms with Gasteiger partial charge in [-0.3, -0.25) is 0 Å². The Morgan fingerprint density at radius 2 is 2.19 bits per heavy atom. The second-order valence-corrected chi connectivity index (χ2v) is 5.85. The van der Waals surface area contributed by atoms with Crippen molar-refractivity contribution in [3.8, 4) is 0 Å². The molecule has 0 saturated heterocycles. The third-order valence-corrected chi connectivity index (χ3v) is 4.37. The topological polar surface area (TPSA) is 70.4 Å². The highest BCUT2D eigenvalue weighted by Gasteiger charge is 2.25. The van der Waals surface area contributed by atoms with Gasteiger partial charge in [0.1, 0.15) is 0 Å². The quantitative estimate of drug-likeness (QED) is 0.781. The van der Waals surface area contributed by atoms with Crippen LogP contribution in [-0.2, 0) is 6.54 Å². The van der Waals surface area contributed by atoms with Crippen molar-refractivity contribution >= 4 is 6.03 Å². The summed E-state index contributed by atoms with van der Waals surface area (Å²) in [6.45, 7) is 1.82. The zero-order chi connectivity index (χ0) is 15.1. The summed E-state index contributed by atoms with van der Waals surface area (Å²) in [6, 6.07) is 0.314. The summed E-state index contributed by atoms with van der Waals surface area (Å²) < 4.78 is 2.01. The van der Waals surface area contributed by atoms with Crippen LogP contribution in [0.3, 0.4) is 0 Å². The van der Waals surface area contributed by atoms with Gasteiger partial charge in [0.05, 0.1) is 6.33 Å². The molecule has 0 atom stereocenters. The van der Waals surface area contributed by atoms with Crippen LogP contribution in [-0.4, -0.2) is 51.8 Å². The zero-order valence-corrected chi connectivity index (χ0v) is 12.7. The van der Waals surface area contributed by atoms with E-state index >= 15 is 0 Å². The van der Waals surface area contributed by atoms with Crippen molar-refractivity contribution in [3.05, 3.63) is 18.7 Å². The molecule has 1 heterocycles. The molecule has 21 heavy (non-hydrogen) atoms. The number of aliphatic hydroxyl groups excluding tert-OH is 1.